The summed E-state index contributed by atoms with van der Waals surface area (Å²) < 4.78 is 0. The molecule has 0 aromatic heterocycles. The van der Waals surface area contributed by atoms with Crippen molar-refractivity contribution in [1.82, 2.24) is 0 Å². The molecule has 1 aromatic carbocycles. The van der Waals surface area contributed by atoms with Gasteiger partial charge in [-0.05, 0) is 17.5 Å². The maximum absolute atomic E-state index is 6.02. The topological polar surface area (TPSA) is 12.0 Å². The van der Waals surface area contributed by atoms with Crippen molar-refractivity contribution in [2.24, 2.45) is 5.41 Å². The molecule has 0 fully saturated rings. The Morgan fingerprint density at radius 2 is 1.93 bits per heavy atom. The summed E-state index contributed by atoms with van der Waals surface area (Å²) in [5.41, 5.74) is 1.08. The summed E-state index contributed by atoms with van der Waals surface area (Å²) in [6.07, 6.45) is 0.855. The molecule has 0 radical (unpaired) electrons. The first-order chi connectivity index (χ1) is 6.88. The molecule has 0 heterocycles. The zero-order chi connectivity index (χ0) is 11.5. The zero-order valence-corrected chi connectivity index (χ0v) is 10.9. The highest BCUT2D eigenvalue weighted by Crippen LogP contribution is 2.24. The molecule has 0 saturated carbocycles. The van der Waals surface area contributed by atoms with Gasteiger partial charge in [0.05, 0.1) is 15.7 Å². The molecule has 0 bridgehead atoms. The third-order valence-electron chi connectivity index (χ3n) is 1.84. The SMILES string of the molecule is CC(C)(C)CC(=S)Nc1ccccc1Cl. The predicted octanol–water partition coefficient (Wildman–Crippen LogP) is 4.52. The third kappa shape index (κ3) is 4.63. The van der Waals surface area contributed by atoms with Crippen LogP contribution in [-0.2, 0) is 0 Å². The first-order valence-electron chi connectivity index (χ1n) is 4.93. The van der Waals surface area contributed by atoms with E-state index >= 15 is 0 Å². The molecule has 3 heteroatoms. The minimum Gasteiger partial charge on any atom is -0.349 e. The molecule has 0 unspecified atom stereocenters. The molecule has 0 aliphatic carbocycles. The lowest BCUT2D eigenvalue weighted by Crippen LogP contribution is -2.18. The lowest BCUT2D eigenvalue weighted by Gasteiger charge is -2.19. The second-order valence-corrected chi connectivity index (χ2v) is 5.67. The van der Waals surface area contributed by atoms with Crippen LogP contribution in [0.1, 0.15) is 27.2 Å². The van der Waals surface area contributed by atoms with Crippen molar-refractivity contribution in [3.63, 3.8) is 0 Å². The van der Waals surface area contributed by atoms with Gasteiger partial charge >= 0.3 is 0 Å². The molecule has 0 spiro atoms. The first kappa shape index (κ1) is 12.5. The number of halogens is 1. The minimum absolute atomic E-state index is 0.200. The normalized spacial score (nSPS) is 11.2. The van der Waals surface area contributed by atoms with E-state index in [-0.39, 0.29) is 5.41 Å². The van der Waals surface area contributed by atoms with Gasteiger partial charge in [0, 0.05) is 6.42 Å². The zero-order valence-electron chi connectivity index (χ0n) is 9.30. The Morgan fingerprint density at radius 1 is 1.33 bits per heavy atom. The van der Waals surface area contributed by atoms with Gasteiger partial charge in [-0.15, -0.1) is 0 Å². The molecule has 82 valence electrons. The molecule has 15 heavy (non-hydrogen) atoms. The molecule has 0 aliphatic heterocycles. The van der Waals surface area contributed by atoms with Crippen molar-refractivity contribution in [1.29, 1.82) is 0 Å². The minimum atomic E-state index is 0.200. The van der Waals surface area contributed by atoms with Crippen LogP contribution >= 0.6 is 23.8 Å². The van der Waals surface area contributed by atoms with Crippen LogP contribution in [-0.4, -0.2) is 4.99 Å². The Hall–Kier alpha value is -0.600. The van der Waals surface area contributed by atoms with E-state index < -0.39 is 0 Å². The molecule has 0 atom stereocenters. The lowest BCUT2D eigenvalue weighted by molar-refractivity contribution is 0.436. The number of hydrogen-bond donors (Lipinski definition) is 1. The van der Waals surface area contributed by atoms with Gasteiger partial charge in [0.1, 0.15) is 0 Å². The van der Waals surface area contributed by atoms with Crippen molar-refractivity contribution < 1.29 is 0 Å². The van der Waals surface area contributed by atoms with Crippen LogP contribution in [0.2, 0.25) is 5.02 Å². The van der Waals surface area contributed by atoms with Gasteiger partial charge in [0.15, 0.2) is 0 Å². The average molecular weight is 242 g/mol. The monoisotopic (exact) mass is 241 g/mol. The van der Waals surface area contributed by atoms with Gasteiger partial charge in [0.25, 0.3) is 0 Å². The largest absolute Gasteiger partial charge is 0.349 e. The van der Waals surface area contributed by atoms with Crippen LogP contribution in [0.5, 0.6) is 0 Å². The van der Waals surface area contributed by atoms with Gasteiger partial charge in [-0.2, -0.15) is 0 Å². The van der Waals surface area contributed by atoms with Crippen molar-refractivity contribution in [3.8, 4) is 0 Å². The molecule has 1 rings (SSSR count). The maximum Gasteiger partial charge on any atom is 0.0802 e. The van der Waals surface area contributed by atoms with Crippen molar-refractivity contribution in [2.45, 2.75) is 27.2 Å². The molecular formula is C12H16ClNS. The van der Waals surface area contributed by atoms with Crippen LogP contribution in [0, 0.1) is 5.41 Å². The van der Waals surface area contributed by atoms with E-state index in [2.05, 4.69) is 26.1 Å². The second-order valence-electron chi connectivity index (χ2n) is 4.77. The number of nitrogens with one attached hydrogen (secondary N) is 1. The van der Waals surface area contributed by atoms with E-state index in [4.69, 9.17) is 23.8 Å². The van der Waals surface area contributed by atoms with Crippen molar-refractivity contribution in [2.75, 3.05) is 5.32 Å². The van der Waals surface area contributed by atoms with Gasteiger partial charge in [-0.3, -0.25) is 0 Å². The molecule has 1 aromatic rings. The highest BCUT2D eigenvalue weighted by Gasteiger charge is 2.13. The van der Waals surface area contributed by atoms with E-state index in [0.29, 0.717) is 5.02 Å². The van der Waals surface area contributed by atoms with Crippen LogP contribution < -0.4 is 5.32 Å². The van der Waals surface area contributed by atoms with E-state index in [1.54, 1.807) is 0 Å². The smallest absolute Gasteiger partial charge is 0.0802 e. The maximum atomic E-state index is 6.02. The van der Waals surface area contributed by atoms with Crippen molar-refractivity contribution in [3.05, 3.63) is 29.3 Å². The summed E-state index contributed by atoms with van der Waals surface area (Å²) in [5.74, 6) is 0. The van der Waals surface area contributed by atoms with E-state index in [9.17, 15) is 0 Å². The highest BCUT2D eigenvalue weighted by molar-refractivity contribution is 7.80. The summed E-state index contributed by atoms with van der Waals surface area (Å²) in [6, 6.07) is 7.62. The van der Waals surface area contributed by atoms with Gasteiger partial charge in [0.2, 0.25) is 0 Å². The van der Waals surface area contributed by atoms with Crippen LogP contribution in [0.25, 0.3) is 0 Å². The summed E-state index contributed by atoms with van der Waals surface area (Å²) >= 11 is 11.3. The number of para-hydroxylation sites is 1. The molecule has 0 aliphatic rings. The first-order valence-corrected chi connectivity index (χ1v) is 5.71. The van der Waals surface area contributed by atoms with E-state index in [1.165, 1.54) is 0 Å². The number of hydrogen-bond acceptors (Lipinski definition) is 1. The van der Waals surface area contributed by atoms with Gasteiger partial charge in [-0.25, -0.2) is 0 Å². The molecule has 1 nitrogen and oxygen atoms in total. The number of benzene rings is 1. The van der Waals surface area contributed by atoms with E-state index in [1.807, 2.05) is 24.3 Å². The Bertz CT molecular complexity index is 355. The fraction of sp³-hybridized carbons (Fsp3) is 0.417. The average Bonchev–Trinajstić information content (AvgIpc) is 2.05. The number of thiocarbonyl (C=S) groups is 1. The number of anilines is 1. The van der Waals surface area contributed by atoms with Crippen molar-refractivity contribution >= 4 is 34.5 Å². The highest BCUT2D eigenvalue weighted by atomic mass is 35.5. The molecule has 1 N–H and O–H groups in total. The van der Waals surface area contributed by atoms with Gasteiger partial charge in [-0.1, -0.05) is 56.7 Å². The standard InChI is InChI=1S/C12H16ClNS/c1-12(2,3)8-11(15)14-10-7-5-4-6-9(10)13/h4-7H,8H2,1-3H3,(H,14,15). The summed E-state index contributed by atoms with van der Waals surface area (Å²) in [7, 11) is 0. The Kier molecular flexibility index (Phi) is 4.12. The Balaban J connectivity index is 2.64. The molecule has 0 saturated heterocycles. The molecular weight excluding hydrogens is 226 g/mol. The predicted molar refractivity (Wildman–Crippen MR) is 71.7 cm³/mol. The Labute approximate surface area is 102 Å². The lowest BCUT2D eigenvalue weighted by atomic mass is 9.92. The van der Waals surface area contributed by atoms with Gasteiger partial charge < -0.3 is 5.32 Å². The second kappa shape index (κ2) is 4.95. The summed E-state index contributed by atoms with van der Waals surface area (Å²) in [6.45, 7) is 6.48. The summed E-state index contributed by atoms with van der Waals surface area (Å²) in [5, 5.41) is 3.87. The van der Waals surface area contributed by atoms with E-state index in [0.717, 1.165) is 17.1 Å². The fourth-order valence-electron chi connectivity index (χ4n) is 1.24. The van der Waals surface area contributed by atoms with Crippen LogP contribution in [0.3, 0.4) is 0 Å². The quantitative estimate of drug-likeness (QED) is 0.765. The number of rotatable bonds is 2. The Morgan fingerprint density at radius 3 is 2.47 bits per heavy atom. The summed E-state index contributed by atoms with van der Waals surface area (Å²) in [4.78, 5) is 0.829. The van der Waals surface area contributed by atoms with Crippen LogP contribution in [0.15, 0.2) is 24.3 Å². The molecule has 0 amide bonds. The third-order valence-corrected chi connectivity index (χ3v) is 2.41. The van der Waals surface area contributed by atoms with Crippen LogP contribution in [0.4, 0.5) is 5.69 Å². The fourth-order valence-corrected chi connectivity index (χ4v) is 1.96.